The van der Waals surface area contributed by atoms with Gasteiger partial charge in [-0.05, 0) is 42.2 Å². The minimum atomic E-state index is -3.37. The number of benzene rings is 2. The van der Waals surface area contributed by atoms with Gasteiger partial charge in [0.1, 0.15) is 0 Å². The Morgan fingerprint density at radius 2 is 1.76 bits per heavy atom. The van der Waals surface area contributed by atoms with Gasteiger partial charge in [-0.15, -0.1) is 0 Å². The van der Waals surface area contributed by atoms with Gasteiger partial charge in [0, 0.05) is 30.2 Å². The minimum Gasteiger partial charge on any atom is -0.379 e. The first-order chi connectivity index (χ1) is 14.0. The Hall–Kier alpha value is -1.93. The zero-order valence-electron chi connectivity index (χ0n) is 16.1. The molecule has 29 heavy (non-hydrogen) atoms. The summed E-state index contributed by atoms with van der Waals surface area (Å²) in [4.78, 5) is 12.3. The molecule has 0 atom stereocenters. The lowest BCUT2D eigenvalue weighted by atomic mass is 10.1. The lowest BCUT2D eigenvalue weighted by Crippen LogP contribution is -2.41. The van der Waals surface area contributed by atoms with Crippen LogP contribution in [0.1, 0.15) is 27.9 Å². The van der Waals surface area contributed by atoms with Crippen molar-refractivity contribution in [2.24, 2.45) is 0 Å². The van der Waals surface area contributed by atoms with Crippen LogP contribution < -0.4 is 5.32 Å². The molecule has 1 aliphatic heterocycles. The number of sulfonamides is 1. The summed E-state index contributed by atoms with van der Waals surface area (Å²) in [6.45, 7) is 2.16. The molecule has 1 aliphatic rings. The van der Waals surface area contributed by atoms with Crippen molar-refractivity contribution in [2.75, 3.05) is 32.8 Å². The molecule has 1 fully saturated rings. The zero-order chi connectivity index (χ0) is 20.7. The maximum absolute atomic E-state index is 12.5. The van der Waals surface area contributed by atoms with Crippen molar-refractivity contribution in [2.45, 2.75) is 18.6 Å². The van der Waals surface area contributed by atoms with Gasteiger partial charge in [-0.25, -0.2) is 8.42 Å². The van der Waals surface area contributed by atoms with Gasteiger partial charge in [0.25, 0.3) is 5.91 Å². The monoisotopic (exact) mass is 436 g/mol. The van der Waals surface area contributed by atoms with E-state index in [1.807, 2.05) is 24.3 Å². The van der Waals surface area contributed by atoms with Gasteiger partial charge in [-0.2, -0.15) is 4.31 Å². The average molecular weight is 437 g/mol. The first kappa shape index (κ1) is 21.8. The second-order valence-corrected chi connectivity index (χ2v) is 9.29. The normalized spacial score (nSPS) is 15.2. The molecule has 3 rings (SSSR count). The number of rotatable bonds is 8. The standard InChI is InChI=1S/C21H25ClN2O4S/c22-20-6-2-1-4-18(20)5-3-11-23-21(25)19-9-7-17(8-10-19)16-29(26,27)24-12-14-28-15-13-24/h1-2,4,6-10H,3,5,11-16H2,(H,23,25). The van der Waals surface area contributed by atoms with Crippen molar-refractivity contribution in [3.8, 4) is 0 Å². The highest BCUT2D eigenvalue weighted by molar-refractivity contribution is 7.88. The van der Waals surface area contributed by atoms with Crippen molar-refractivity contribution in [1.29, 1.82) is 0 Å². The van der Waals surface area contributed by atoms with E-state index in [1.54, 1.807) is 24.3 Å². The second kappa shape index (κ2) is 10.2. The third kappa shape index (κ3) is 6.27. The number of morpholine rings is 1. The van der Waals surface area contributed by atoms with E-state index >= 15 is 0 Å². The number of nitrogens with zero attached hydrogens (tertiary/aromatic N) is 1. The number of hydrogen-bond acceptors (Lipinski definition) is 4. The number of halogens is 1. The molecule has 0 bridgehead atoms. The van der Waals surface area contributed by atoms with Crippen LogP contribution in [0.2, 0.25) is 5.02 Å². The summed E-state index contributed by atoms with van der Waals surface area (Å²) in [6.07, 6.45) is 1.57. The Morgan fingerprint density at radius 1 is 1.07 bits per heavy atom. The number of nitrogens with one attached hydrogen (secondary N) is 1. The minimum absolute atomic E-state index is 0.0767. The first-order valence-electron chi connectivity index (χ1n) is 9.62. The molecule has 2 aromatic rings. The summed E-state index contributed by atoms with van der Waals surface area (Å²) < 4.78 is 31.6. The molecule has 0 unspecified atom stereocenters. The average Bonchev–Trinajstić information content (AvgIpc) is 2.73. The van der Waals surface area contributed by atoms with E-state index in [2.05, 4.69) is 5.32 Å². The van der Waals surface area contributed by atoms with Crippen molar-refractivity contribution in [3.63, 3.8) is 0 Å². The van der Waals surface area contributed by atoms with Crippen LogP contribution in [0, 0.1) is 0 Å². The number of hydrogen-bond donors (Lipinski definition) is 1. The van der Waals surface area contributed by atoms with Crippen LogP contribution in [-0.4, -0.2) is 51.5 Å². The molecule has 0 aromatic heterocycles. The van der Waals surface area contributed by atoms with Gasteiger partial charge in [-0.1, -0.05) is 41.9 Å². The molecule has 1 amide bonds. The van der Waals surface area contributed by atoms with Gasteiger partial charge >= 0.3 is 0 Å². The fourth-order valence-electron chi connectivity index (χ4n) is 3.16. The Balaban J connectivity index is 1.47. The number of aryl methyl sites for hydroxylation is 1. The Morgan fingerprint density at radius 3 is 2.45 bits per heavy atom. The molecule has 1 N–H and O–H groups in total. The molecule has 1 saturated heterocycles. The van der Waals surface area contributed by atoms with Crippen LogP contribution in [0.4, 0.5) is 0 Å². The van der Waals surface area contributed by atoms with E-state index in [0.29, 0.717) is 44.0 Å². The van der Waals surface area contributed by atoms with E-state index in [9.17, 15) is 13.2 Å². The predicted molar refractivity (Wildman–Crippen MR) is 114 cm³/mol. The molecular weight excluding hydrogens is 412 g/mol. The van der Waals surface area contributed by atoms with E-state index < -0.39 is 10.0 Å². The molecule has 156 valence electrons. The van der Waals surface area contributed by atoms with Crippen molar-refractivity contribution in [3.05, 3.63) is 70.2 Å². The molecular formula is C21H25ClN2O4S. The second-order valence-electron chi connectivity index (χ2n) is 6.92. The molecule has 2 aromatic carbocycles. The molecule has 1 heterocycles. The summed E-state index contributed by atoms with van der Waals surface area (Å²) in [6, 6.07) is 14.4. The quantitative estimate of drug-likeness (QED) is 0.645. The topological polar surface area (TPSA) is 75.7 Å². The van der Waals surface area contributed by atoms with Gasteiger partial charge in [0.2, 0.25) is 10.0 Å². The van der Waals surface area contributed by atoms with E-state index in [4.69, 9.17) is 16.3 Å². The van der Waals surface area contributed by atoms with Crippen molar-refractivity contribution in [1.82, 2.24) is 9.62 Å². The largest absolute Gasteiger partial charge is 0.379 e. The molecule has 0 aliphatic carbocycles. The number of carbonyl (C=O) groups is 1. The highest BCUT2D eigenvalue weighted by atomic mass is 35.5. The number of amides is 1. The van der Waals surface area contributed by atoms with Gasteiger partial charge in [-0.3, -0.25) is 4.79 Å². The van der Waals surface area contributed by atoms with E-state index in [0.717, 1.165) is 23.4 Å². The molecule has 8 heteroatoms. The smallest absolute Gasteiger partial charge is 0.251 e. The first-order valence-corrected chi connectivity index (χ1v) is 11.6. The molecule has 0 radical (unpaired) electrons. The highest BCUT2D eigenvalue weighted by Gasteiger charge is 2.24. The van der Waals surface area contributed by atoms with Crippen LogP contribution in [-0.2, 0) is 26.9 Å². The lowest BCUT2D eigenvalue weighted by molar-refractivity contribution is 0.0729. The lowest BCUT2D eigenvalue weighted by Gasteiger charge is -2.26. The highest BCUT2D eigenvalue weighted by Crippen LogP contribution is 2.16. The van der Waals surface area contributed by atoms with Crippen LogP contribution in [0.3, 0.4) is 0 Å². The van der Waals surface area contributed by atoms with Gasteiger partial charge in [0.15, 0.2) is 0 Å². The SMILES string of the molecule is O=C(NCCCc1ccccc1Cl)c1ccc(CS(=O)(=O)N2CCOCC2)cc1. The molecule has 0 saturated carbocycles. The van der Waals surface area contributed by atoms with Crippen LogP contribution in [0.15, 0.2) is 48.5 Å². The van der Waals surface area contributed by atoms with Crippen molar-refractivity contribution >= 4 is 27.5 Å². The van der Waals surface area contributed by atoms with Gasteiger partial charge < -0.3 is 10.1 Å². The molecule has 6 nitrogen and oxygen atoms in total. The Kier molecular flexibility index (Phi) is 7.66. The third-order valence-corrected chi connectivity index (χ3v) is 7.01. The third-order valence-electron chi connectivity index (χ3n) is 4.79. The summed E-state index contributed by atoms with van der Waals surface area (Å²) in [5, 5.41) is 3.62. The summed E-state index contributed by atoms with van der Waals surface area (Å²) in [7, 11) is -3.37. The maximum Gasteiger partial charge on any atom is 0.251 e. The number of ether oxygens (including phenoxy) is 1. The predicted octanol–water partition coefficient (Wildman–Crippen LogP) is 2.86. The van der Waals surface area contributed by atoms with Crippen LogP contribution >= 0.6 is 11.6 Å². The number of carbonyl (C=O) groups excluding carboxylic acids is 1. The van der Waals surface area contributed by atoms with Gasteiger partial charge in [0.05, 0.1) is 19.0 Å². The van der Waals surface area contributed by atoms with Crippen LogP contribution in [0.25, 0.3) is 0 Å². The maximum atomic E-state index is 12.5. The summed E-state index contributed by atoms with van der Waals surface area (Å²) >= 11 is 6.13. The summed E-state index contributed by atoms with van der Waals surface area (Å²) in [5.74, 6) is -0.251. The fourth-order valence-corrected chi connectivity index (χ4v) is 4.89. The van der Waals surface area contributed by atoms with E-state index in [-0.39, 0.29) is 11.7 Å². The Bertz CT molecular complexity index is 926. The zero-order valence-corrected chi connectivity index (χ0v) is 17.7. The molecule has 0 spiro atoms. The van der Waals surface area contributed by atoms with Crippen LogP contribution in [0.5, 0.6) is 0 Å². The van der Waals surface area contributed by atoms with E-state index in [1.165, 1.54) is 4.31 Å². The Labute approximate surface area is 176 Å². The fraction of sp³-hybridized carbons (Fsp3) is 0.381. The van der Waals surface area contributed by atoms with Crippen molar-refractivity contribution < 1.29 is 17.9 Å². The summed E-state index contributed by atoms with van der Waals surface area (Å²) in [5.41, 5.74) is 2.23.